The minimum Gasteiger partial charge on any atom is -0.397 e. The van der Waals surface area contributed by atoms with Crippen LogP contribution < -0.4 is 11.1 Å². The fourth-order valence-electron chi connectivity index (χ4n) is 1.66. The van der Waals surface area contributed by atoms with Crippen molar-refractivity contribution in [3.8, 4) is 6.07 Å². The van der Waals surface area contributed by atoms with Gasteiger partial charge < -0.3 is 16.0 Å². The molecular formula is C14H23N5. The van der Waals surface area contributed by atoms with Crippen molar-refractivity contribution in [3.05, 3.63) is 17.8 Å². The highest BCUT2D eigenvalue weighted by atomic mass is 15.1. The third-order valence-corrected chi connectivity index (χ3v) is 3.14. The second-order valence-corrected chi connectivity index (χ2v) is 4.98. The lowest BCUT2D eigenvalue weighted by Crippen LogP contribution is -2.27. The molecule has 0 saturated carbocycles. The SMILES string of the molecule is CC(C)N(C)CCCCNc1ncc(N)cc1C#N. The van der Waals surface area contributed by atoms with Crippen molar-refractivity contribution in [2.24, 2.45) is 0 Å². The van der Waals surface area contributed by atoms with Crippen LogP contribution in [0.4, 0.5) is 11.5 Å². The zero-order valence-electron chi connectivity index (χ0n) is 12.0. The Morgan fingerprint density at radius 3 is 2.84 bits per heavy atom. The van der Waals surface area contributed by atoms with E-state index >= 15 is 0 Å². The number of unbranched alkanes of at least 4 members (excludes halogenated alkanes) is 1. The first-order chi connectivity index (χ1) is 9.04. The first kappa shape index (κ1) is 15.3. The molecule has 0 radical (unpaired) electrons. The van der Waals surface area contributed by atoms with Gasteiger partial charge in [-0.3, -0.25) is 0 Å². The third-order valence-electron chi connectivity index (χ3n) is 3.14. The number of nitrogens with one attached hydrogen (secondary N) is 1. The van der Waals surface area contributed by atoms with Crippen LogP contribution in [0, 0.1) is 11.3 Å². The van der Waals surface area contributed by atoms with Gasteiger partial charge in [-0.05, 0) is 46.3 Å². The van der Waals surface area contributed by atoms with Crippen LogP contribution in [0.3, 0.4) is 0 Å². The van der Waals surface area contributed by atoms with Gasteiger partial charge in [-0.1, -0.05) is 0 Å². The molecular weight excluding hydrogens is 238 g/mol. The molecule has 1 heterocycles. The number of hydrogen-bond acceptors (Lipinski definition) is 5. The van der Waals surface area contributed by atoms with Crippen LogP contribution in [0.5, 0.6) is 0 Å². The Balaban J connectivity index is 2.32. The van der Waals surface area contributed by atoms with Crippen LogP contribution in [0.25, 0.3) is 0 Å². The Hall–Kier alpha value is -1.80. The predicted octanol–water partition coefficient (Wildman–Crippen LogP) is 2.07. The van der Waals surface area contributed by atoms with Crippen molar-refractivity contribution in [2.75, 3.05) is 31.2 Å². The third kappa shape index (κ3) is 5.14. The summed E-state index contributed by atoms with van der Waals surface area (Å²) in [4.78, 5) is 6.46. The van der Waals surface area contributed by atoms with Gasteiger partial charge in [0, 0.05) is 12.6 Å². The number of nitriles is 1. The number of nitrogen functional groups attached to an aromatic ring is 1. The van der Waals surface area contributed by atoms with Crippen LogP contribution in [-0.4, -0.2) is 36.1 Å². The molecule has 0 aromatic carbocycles. The van der Waals surface area contributed by atoms with E-state index in [0.717, 1.165) is 25.9 Å². The largest absolute Gasteiger partial charge is 0.397 e. The van der Waals surface area contributed by atoms with Gasteiger partial charge >= 0.3 is 0 Å². The Labute approximate surface area is 115 Å². The quantitative estimate of drug-likeness (QED) is 0.735. The second kappa shape index (κ2) is 7.59. The van der Waals surface area contributed by atoms with E-state index in [2.05, 4.69) is 42.2 Å². The zero-order valence-corrected chi connectivity index (χ0v) is 12.0. The maximum Gasteiger partial charge on any atom is 0.144 e. The lowest BCUT2D eigenvalue weighted by atomic mass is 10.2. The first-order valence-corrected chi connectivity index (χ1v) is 6.64. The van der Waals surface area contributed by atoms with E-state index in [0.29, 0.717) is 23.1 Å². The van der Waals surface area contributed by atoms with Gasteiger partial charge in [0.2, 0.25) is 0 Å². The van der Waals surface area contributed by atoms with Crippen LogP contribution in [0.1, 0.15) is 32.3 Å². The molecule has 1 aromatic heterocycles. The van der Waals surface area contributed by atoms with Crippen molar-refractivity contribution < 1.29 is 0 Å². The Kier molecular flexibility index (Phi) is 6.10. The maximum atomic E-state index is 8.99. The fraction of sp³-hybridized carbons (Fsp3) is 0.571. The van der Waals surface area contributed by atoms with E-state index in [1.807, 2.05) is 0 Å². The molecule has 0 spiro atoms. The molecule has 3 N–H and O–H groups in total. The van der Waals surface area contributed by atoms with Crippen LogP contribution in [-0.2, 0) is 0 Å². The summed E-state index contributed by atoms with van der Waals surface area (Å²) in [6.07, 6.45) is 3.74. The average Bonchev–Trinajstić information content (AvgIpc) is 2.39. The summed E-state index contributed by atoms with van der Waals surface area (Å²) in [7, 11) is 2.13. The summed E-state index contributed by atoms with van der Waals surface area (Å²) < 4.78 is 0. The number of rotatable bonds is 7. The maximum absolute atomic E-state index is 8.99. The zero-order chi connectivity index (χ0) is 14.3. The highest BCUT2D eigenvalue weighted by molar-refractivity contribution is 5.57. The minimum atomic E-state index is 0.499. The van der Waals surface area contributed by atoms with Crippen molar-refractivity contribution in [1.29, 1.82) is 5.26 Å². The molecule has 19 heavy (non-hydrogen) atoms. The van der Waals surface area contributed by atoms with E-state index in [1.165, 1.54) is 0 Å². The summed E-state index contributed by atoms with van der Waals surface area (Å²) in [6, 6.07) is 4.32. The number of anilines is 2. The van der Waals surface area contributed by atoms with Gasteiger partial charge in [0.25, 0.3) is 0 Å². The Bertz CT molecular complexity index is 436. The smallest absolute Gasteiger partial charge is 0.144 e. The fourth-order valence-corrected chi connectivity index (χ4v) is 1.66. The molecule has 1 aromatic rings. The number of aromatic nitrogens is 1. The molecule has 104 valence electrons. The summed E-state index contributed by atoms with van der Waals surface area (Å²) in [5, 5.41) is 12.2. The summed E-state index contributed by atoms with van der Waals surface area (Å²) in [5.41, 5.74) is 6.61. The van der Waals surface area contributed by atoms with Crippen molar-refractivity contribution in [3.63, 3.8) is 0 Å². The van der Waals surface area contributed by atoms with Gasteiger partial charge in [0.05, 0.1) is 17.4 Å². The molecule has 5 nitrogen and oxygen atoms in total. The standard InChI is InChI=1S/C14H23N5/c1-11(2)19(3)7-5-4-6-17-14-12(9-15)8-13(16)10-18-14/h8,10-11H,4-7,16H2,1-3H3,(H,17,18). The van der Waals surface area contributed by atoms with Gasteiger partial charge in [0.15, 0.2) is 0 Å². The second-order valence-electron chi connectivity index (χ2n) is 4.98. The molecule has 0 amide bonds. The van der Waals surface area contributed by atoms with Gasteiger partial charge in [-0.2, -0.15) is 5.26 Å². The molecule has 5 heteroatoms. The molecule has 0 atom stereocenters. The van der Waals surface area contributed by atoms with E-state index in [4.69, 9.17) is 11.0 Å². The van der Waals surface area contributed by atoms with Crippen molar-refractivity contribution in [1.82, 2.24) is 9.88 Å². The summed E-state index contributed by atoms with van der Waals surface area (Å²) in [5.74, 6) is 0.619. The molecule has 0 aliphatic carbocycles. The van der Waals surface area contributed by atoms with Crippen LogP contribution in [0.2, 0.25) is 0 Å². The van der Waals surface area contributed by atoms with Crippen molar-refractivity contribution in [2.45, 2.75) is 32.7 Å². The Morgan fingerprint density at radius 2 is 2.21 bits per heavy atom. The summed E-state index contributed by atoms with van der Waals surface area (Å²) >= 11 is 0. The summed E-state index contributed by atoms with van der Waals surface area (Å²) in [6.45, 7) is 6.28. The Morgan fingerprint density at radius 1 is 1.47 bits per heavy atom. The first-order valence-electron chi connectivity index (χ1n) is 6.64. The molecule has 0 unspecified atom stereocenters. The van der Waals surface area contributed by atoms with Crippen molar-refractivity contribution >= 4 is 11.5 Å². The van der Waals surface area contributed by atoms with E-state index in [-0.39, 0.29) is 0 Å². The topological polar surface area (TPSA) is 78.0 Å². The highest BCUT2D eigenvalue weighted by Crippen LogP contribution is 2.14. The molecule has 0 aliphatic heterocycles. The van der Waals surface area contributed by atoms with E-state index in [9.17, 15) is 0 Å². The number of pyridine rings is 1. The number of nitrogens with zero attached hydrogens (tertiary/aromatic N) is 3. The van der Waals surface area contributed by atoms with Gasteiger partial charge in [0.1, 0.15) is 11.9 Å². The molecule has 1 rings (SSSR count). The minimum absolute atomic E-state index is 0.499. The van der Waals surface area contributed by atoms with Gasteiger partial charge in [-0.15, -0.1) is 0 Å². The molecule has 0 saturated heterocycles. The van der Waals surface area contributed by atoms with Gasteiger partial charge in [-0.25, -0.2) is 4.98 Å². The molecule has 0 aliphatic rings. The average molecular weight is 261 g/mol. The van der Waals surface area contributed by atoms with E-state index < -0.39 is 0 Å². The normalized spacial score (nSPS) is 10.7. The van der Waals surface area contributed by atoms with Crippen LogP contribution >= 0.6 is 0 Å². The lowest BCUT2D eigenvalue weighted by molar-refractivity contribution is 0.269. The highest BCUT2D eigenvalue weighted by Gasteiger charge is 2.04. The monoisotopic (exact) mass is 261 g/mol. The predicted molar refractivity (Wildman–Crippen MR) is 78.9 cm³/mol. The van der Waals surface area contributed by atoms with Crippen LogP contribution in [0.15, 0.2) is 12.3 Å². The van der Waals surface area contributed by atoms with E-state index in [1.54, 1.807) is 12.3 Å². The molecule has 0 bridgehead atoms. The number of hydrogen-bond donors (Lipinski definition) is 2. The number of nitrogens with two attached hydrogens (primary N) is 1. The molecule has 0 fully saturated rings. The lowest BCUT2D eigenvalue weighted by Gasteiger charge is -2.20.